The van der Waals surface area contributed by atoms with Gasteiger partial charge in [-0.05, 0) is 59.2 Å². The quantitative estimate of drug-likeness (QED) is 0.769. The summed E-state index contributed by atoms with van der Waals surface area (Å²) in [6.45, 7) is 14.2. The predicted octanol–water partition coefficient (Wildman–Crippen LogP) is 3.99. The molecule has 0 atom stereocenters. The molecule has 27 heavy (non-hydrogen) atoms. The fourth-order valence-corrected chi connectivity index (χ4v) is 1.91. The number of benzene rings is 1. The first-order valence-corrected chi connectivity index (χ1v) is 8.43. The minimum atomic E-state index is -0.775. The summed E-state index contributed by atoms with van der Waals surface area (Å²) in [5, 5.41) is 0.996. The highest BCUT2D eigenvalue weighted by Crippen LogP contribution is 2.20. The van der Waals surface area contributed by atoms with Crippen molar-refractivity contribution in [3.8, 4) is 0 Å². The number of ether oxygens (including phenoxy) is 2. The number of nitrogens with zero attached hydrogens (tertiary/aromatic N) is 1. The number of hydroxylamine groups is 1. The Morgan fingerprint density at radius 3 is 1.93 bits per heavy atom. The fraction of sp³-hybridized carbons (Fsp3) is 0.474. The standard InChI is InChI=1S/C19H29N3O5/c1-13(21-25-8)14-9-11-15(12-10-14)22(17(24)27-19(5,6)7)20-16(23)26-18(2,3)4/h9-12,21H,1H2,2-8H3,(H,20,23). The summed E-state index contributed by atoms with van der Waals surface area (Å²) in [4.78, 5) is 29.5. The monoisotopic (exact) mass is 379 g/mol. The van der Waals surface area contributed by atoms with E-state index in [-0.39, 0.29) is 0 Å². The maximum atomic E-state index is 12.6. The molecule has 0 aliphatic carbocycles. The molecule has 0 aromatic heterocycles. The van der Waals surface area contributed by atoms with Crippen molar-refractivity contribution in [2.24, 2.45) is 0 Å². The average molecular weight is 379 g/mol. The van der Waals surface area contributed by atoms with E-state index < -0.39 is 23.4 Å². The van der Waals surface area contributed by atoms with Gasteiger partial charge in [0.2, 0.25) is 0 Å². The van der Waals surface area contributed by atoms with E-state index in [2.05, 4.69) is 17.5 Å². The minimum absolute atomic E-state index is 0.393. The second kappa shape index (κ2) is 8.77. The minimum Gasteiger partial charge on any atom is -0.443 e. The number of rotatable bonds is 4. The molecule has 1 rings (SSSR count). The van der Waals surface area contributed by atoms with Gasteiger partial charge in [-0.25, -0.2) is 15.0 Å². The van der Waals surface area contributed by atoms with Gasteiger partial charge in [0.25, 0.3) is 0 Å². The van der Waals surface area contributed by atoms with E-state index >= 15 is 0 Å². The molecule has 0 saturated carbocycles. The molecule has 150 valence electrons. The summed E-state index contributed by atoms with van der Waals surface area (Å²) < 4.78 is 10.6. The number of carbonyl (C=O) groups excluding carboxylic acids is 2. The molecule has 0 aliphatic rings. The SMILES string of the molecule is C=C(NOC)c1ccc(N(NC(=O)OC(C)(C)C)C(=O)OC(C)(C)C)cc1. The van der Waals surface area contributed by atoms with Crippen LogP contribution in [0.3, 0.4) is 0 Å². The van der Waals surface area contributed by atoms with Gasteiger partial charge >= 0.3 is 12.2 Å². The zero-order valence-electron chi connectivity index (χ0n) is 17.0. The normalized spacial score (nSPS) is 11.4. The lowest BCUT2D eigenvalue weighted by Gasteiger charge is -2.28. The second-order valence-electron chi connectivity index (χ2n) is 7.76. The van der Waals surface area contributed by atoms with E-state index in [1.54, 1.807) is 65.8 Å². The topological polar surface area (TPSA) is 89.1 Å². The molecule has 0 spiro atoms. The van der Waals surface area contributed by atoms with Gasteiger partial charge in [0, 0.05) is 0 Å². The van der Waals surface area contributed by atoms with Crippen LogP contribution in [-0.4, -0.2) is 30.5 Å². The van der Waals surface area contributed by atoms with E-state index in [4.69, 9.17) is 14.3 Å². The number of hydrogen-bond donors (Lipinski definition) is 2. The third-order valence-corrected chi connectivity index (χ3v) is 2.88. The highest BCUT2D eigenvalue weighted by Gasteiger charge is 2.27. The van der Waals surface area contributed by atoms with Crippen LogP contribution >= 0.6 is 0 Å². The summed E-state index contributed by atoms with van der Waals surface area (Å²) in [6, 6.07) is 6.72. The molecule has 0 bridgehead atoms. The number of carbonyl (C=O) groups is 2. The maximum absolute atomic E-state index is 12.6. The molecule has 0 radical (unpaired) electrons. The summed E-state index contributed by atoms with van der Waals surface area (Å²) in [7, 11) is 1.48. The molecule has 0 saturated heterocycles. The Labute approximate surface area is 160 Å². The number of hydrogen-bond acceptors (Lipinski definition) is 6. The van der Waals surface area contributed by atoms with E-state index in [9.17, 15) is 9.59 Å². The first-order valence-electron chi connectivity index (χ1n) is 8.43. The van der Waals surface area contributed by atoms with Gasteiger partial charge in [0.1, 0.15) is 11.2 Å². The predicted molar refractivity (Wildman–Crippen MR) is 104 cm³/mol. The van der Waals surface area contributed by atoms with Gasteiger partial charge in [-0.3, -0.25) is 10.3 Å². The largest absolute Gasteiger partial charge is 0.443 e. The molecule has 0 heterocycles. The Balaban J connectivity index is 3.07. The van der Waals surface area contributed by atoms with E-state index in [1.165, 1.54) is 7.11 Å². The average Bonchev–Trinajstić information content (AvgIpc) is 2.49. The molecular formula is C19H29N3O5. The smallest absolute Gasteiger partial charge is 0.434 e. The van der Waals surface area contributed by atoms with Crippen molar-refractivity contribution >= 4 is 23.6 Å². The Morgan fingerprint density at radius 2 is 1.48 bits per heavy atom. The highest BCUT2D eigenvalue weighted by molar-refractivity contribution is 5.91. The number of amides is 2. The molecule has 8 nitrogen and oxygen atoms in total. The Hall–Kier alpha value is -2.74. The van der Waals surface area contributed by atoms with Crippen molar-refractivity contribution < 1.29 is 23.9 Å². The van der Waals surface area contributed by atoms with Crippen LogP contribution in [-0.2, 0) is 14.3 Å². The van der Waals surface area contributed by atoms with Crippen LogP contribution in [0.5, 0.6) is 0 Å². The zero-order valence-corrected chi connectivity index (χ0v) is 17.0. The molecule has 0 fully saturated rings. The van der Waals surface area contributed by atoms with Crippen molar-refractivity contribution in [1.29, 1.82) is 0 Å². The van der Waals surface area contributed by atoms with Gasteiger partial charge in [-0.15, -0.1) is 0 Å². The first-order chi connectivity index (χ1) is 12.3. The van der Waals surface area contributed by atoms with Gasteiger partial charge < -0.3 is 9.47 Å². The van der Waals surface area contributed by atoms with Gasteiger partial charge in [-0.2, -0.15) is 5.01 Å². The van der Waals surface area contributed by atoms with Crippen molar-refractivity contribution in [2.45, 2.75) is 52.7 Å². The van der Waals surface area contributed by atoms with E-state index in [0.717, 1.165) is 10.6 Å². The Bertz CT molecular complexity index is 672. The molecule has 2 N–H and O–H groups in total. The molecule has 1 aromatic rings. The highest BCUT2D eigenvalue weighted by atomic mass is 16.6. The molecule has 8 heteroatoms. The van der Waals surface area contributed by atoms with Gasteiger partial charge in [-0.1, -0.05) is 18.7 Å². The van der Waals surface area contributed by atoms with Crippen molar-refractivity contribution in [3.05, 3.63) is 36.4 Å². The third kappa shape index (κ3) is 8.00. The number of hydrazine groups is 1. The maximum Gasteiger partial charge on any atom is 0.434 e. The Kier molecular flexibility index (Phi) is 7.24. The fourth-order valence-electron chi connectivity index (χ4n) is 1.91. The van der Waals surface area contributed by atoms with E-state index in [1.807, 2.05) is 0 Å². The molecule has 0 unspecified atom stereocenters. The lowest BCUT2D eigenvalue weighted by molar-refractivity contribution is 0.0425. The molecular weight excluding hydrogens is 350 g/mol. The van der Waals surface area contributed by atoms with Crippen LogP contribution in [0.1, 0.15) is 47.1 Å². The van der Waals surface area contributed by atoms with Crippen LogP contribution in [0.25, 0.3) is 5.70 Å². The number of anilines is 1. The number of nitrogens with one attached hydrogen (secondary N) is 2. The van der Waals surface area contributed by atoms with Crippen LogP contribution in [0.4, 0.5) is 15.3 Å². The molecule has 0 aliphatic heterocycles. The molecule has 1 aromatic carbocycles. The van der Waals surface area contributed by atoms with Crippen LogP contribution in [0.2, 0.25) is 0 Å². The lowest BCUT2D eigenvalue weighted by Crippen LogP contribution is -2.50. The summed E-state index contributed by atoms with van der Waals surface area (Å²) in [6.07, 6.45) is -1.52. The summed E-state index contributed by atoms with van der Waals surface area (Å²) in [5.41, 5.74) is 5.30. The Morgan fingerprint density at radius 1 is 0.963 bits per heavy atom. The van der Waals surface area contributed by atoms with Crippen LogP contribution in [0, 0.1) is 0 Å². The van der Waals surface area contributed by atoms with E-state index in [0.29, 0.717) is 11.4 Å². The first kappa shape index (κ1) is 22.3. The molecule has 2 amide bonds. The van der Waals surface area contributed by atoms with Crippen molar-refractivity contribution in [3.63, 3.8) is 0 Å². The van der Waals surface area contributed by atoms with Crippen LogP contribution < -0.4 is 15.9 Å². The van der Waals surface area contributed by atoms with Crippen LogP contribution in [0.15, 0.2) is 30.8 Å². The lowest BCUT2D eigenvalue weighted by atomic mass is 10.1. The zero-order chi connectivity index (χ0) is 20.8. The summed E-state index contributed by atoms with van der Waals surface area (Å²) in [5.74, 6) is 0. The third-order valence-electron chi connectivity index (χ3n) is 2.88. The summed E-state index contributed by atoms with van der Waals surface area (Å²) >= 11 is 0. The van der Waals surface area contributed by atoms with Crippen molar-refractivity contribution in [1.82, 2.24) is 10.9 Å². The van der Waals surface area contributed by atoms with Gasteiger partial charge in [0.05, 0.1) is 18.5 Å². The van der Waals surface area contributed by atoms with Gasteiger partial charge in [0.15, 0.2) is 0 Å². The van der Waals surface area contributed by atoms with Crippen molar-refractivity contribution in [2.75, 3.05) is 12.1 Å². The second-order valence-corrected chi connectivity index (χ2v) is 7.76.